The highest BCUT2D eigenvalue weighted by atomic mass is 16.5. The summed E-state index contributed by atoms with van der Waals surface area (Å²) < 4.78 is 10.4. The summed E-state index contributed by atoms with van der Waals surface area (Å²) in [4.78, 5) is 12.6. The average Bonchev–Trinajstić information content (AvgIpc) is 2.54. The third-order valence-corrected chi connectivity index (χ3v) is 3.42. The van der Waals surface area contributed by atoms with Gasteiger partial charge >= 0.3 is 0 Å². The van der Waals surface area contributed by atoms with Gasteiger partial charge in [-0.1, -0.05) is 31.2 Å². The predicted molar refractivity (Wildman–Crippen MR) is 83.2 cm³/mol. The third kappa shape index (κ3) is 2.99. The number of anilines is 1. The van der Waals surface area contributed by atoms with Crippen LogP contribution in [0.5, 0.6) is 11.5 Å². The number of methoxy groups -OCH3 is 2. The van der Waals surface area contributed by atoms with E-state index in [4.69, 9.17) is 15.2 Å². The number of nitrogens with two attached hydrogens (primary N) is 1. The molecule has 21 heavy (non-hydrogen) atoms. The summed E-state index contributed by atoms with van der Waals surface area (Å²) in [7, 11) is 3.06. The van der Waals surface area contributed by atoms with Crippen molar-refractivity contribution in [1.82, 2.24) is 0 Å². The summed E-state index contributed by atoms with van der Waals surface area (Å²) in [6.07, 6.45) is 0.937. The van der Waals surface area contributed by atoms with Crippen molar-refractivity contribution in [1.29, 1.82) is 0 Å². The number of hydrogen-bond acceptors (Lipinski definition) is 4. The highest BCUT2D eigenvalue weighted by Gasteiger charge is 2.16. The maximum Gasteiger partial charge on any atom is 0.195 e. The van der Waals surface area contributed by atoms with Crippen molar-refractivity contribution in [3.05, 3.63) is 53.1 Å². The first-order valence-corrected chi connectivity index (χ1v) is 6.75. The largest absolute Gasteiger partial charge is 0.493 e. The Morgan fingerprint density at radius 1 is 1.05 bits per heavy atom. The molecule has 4 heteroatoms. The molecule has 0 atom stereocenters. The van der Waals surface area contributed by atoms with Gasteiger partial charge in [-0.3, -0.25) is 4.79 Å². The molecule has 0 bridgehead atoms. The SMILES string of the molecule is CCc1ccc(C(=O)c2cc(OC)c(OC)cc2N)cc1. The van der Waals surface area contributed by atoms with Crippen molar-refractivity contribution in [2.45, 2.75) is 13.3 Å². The molecule has 0 unspecified atom stereocenters. The molecule has 110 valence electrons. The van der Waals surface area contributed by atoms with E-state index in [9.17, 15) is 4.79 Å². The quantitative estimate of drug-likeness (QED) is 0.677. The van der Waals surface area contributed by atoms with Crippen molar-refractivity contribution in [2.75, 3.05) is 20.0 Å². The molecule has 0 aromatic heterocycles. The van der Waals surface area contributed by atoms with Gasteiger partial charge in [0, 0.05) is 22.9 Å². The van der Waals surface area contributed by atoms with Crippen LogP contribution in [-0.4, -0.2) is 20.0 Å². The smallest absolute Gasteiger partial charge is 0.195 e. The van der Waals surface area contributed by atoms with Crippen LogP contribution in [0.2, 0.25) is 0 Å². The van der Waals surface area contributed by atoms with Gasteiger partial charge in [0.2, 0.25) is 0 Å². The lowest BCUT2D eigenvalue weighted by Gasteiger charge is -2.12. The topological polar surface area (TPSA) is 61.5 Å². The van der Waals surface area contributed by atoms with Gasteiger partial charge in [0.1, 0.15) is 0 Å². The molecule has 0 aliphatic rings. The van der Waals surface area contributed by atoms with Crippen LogP contribution in [0.15, 0.2) is 36.4 Å². The highest BCUT2D eigenvalue weighted by Crippen LogP contribution is 2.32. The fourth-order valence-electron chi connectivity index (χ4n) is 2.14. The van der Waals surface area contributed by atoms with Crippen molar-refractivity contribution >= 4 is 11.5 Å². The lowest BCUT2D eigenvalue weighted by atomic mass is 9.99. The Morgan fingerprint density at radius 2 is 1.62 bits per heavy atom. The average molecular weight is 285 g/mol. The number of ketones is 1. The second kappa shape index (κ2) is 6.31. The summed E-state index contributed by atoms with van der Waals surface area (Å²) in [5.41, 5.74) is 8.53. The predicted octanol–water partition coefficient (Wildman–Crippen LogP) is 3.08. The highest BCUT2D eigenvalue weighted by molar-refractivity contribution is 6.12. The van der Waals surface area contributed by atoms with E-state index in [1.165, 1.54) is 19.8 Å². The van der Waals surface area contributed by atoms with Gasteiger partial charge in [-0.25, -0.2) is 0 Å². The van der Waals surface area contributed by atoms with Crippen molar-refractivity contribution in [3.8, 4) is 11.5 Å². The lowest BCUT2D eigenvalue weighted by molar-refractivity contribution is 0.103. The van der Waals surface area contributed by atoms with Gasteiger partial charge in [-0.15, -0.1) is 0 Å². The Hall–Kier alpha value is -2.49. The molecule has 0 fully saturated rings. The Bertz CT molecular complexity index is 648. The zero-order valence-electron chi connectivity index (χ0n) is 12.5. The number of carbonyl (C=O) groups excluding carboxylic acids is 1. The molecule has 0 aliphatic heterocycles. The fourth-order valence-corrected chi connectivity index (χ4v) is 2.14. The molecule has 4 nitrogen and oxygen atoms in total. The van der Waals surface area contributed by atoms with Gasteiger partial charge in [-0.2, -0.15) is 0 Å². The summed E-state index contributed by atoms with van der Waals surface area (Å²) in [6.45, 7) is 2.07. The van der Waals surface area contributed by atoms with E-state index in [-0.39, 0.29) is 5.78 Å². The van der Waals surface area contributed by atoms with Gasteiger partial charge in [0.05, 0.1) is 14.2 Å². The minimum absolute atomic E-state index is 0.129. The number of ether oxygens (including phenoxy) is 2. The van der Waals surface area contributed by atoms with E-state index in [0.717, 1.165) is 6.42 Å². The van der Waals surface area contributed by atoms with Crippen LogP contribution in [0, 0.1) is 0 Å². The molecule has 0 saturated carbocycles. The van der Waals surface area contributed by atoms with E-state index in [1.807, 2.05) is 24.3 Å². The molecule has 0 saturated heterocycles. The Balaban J connectivity index is 2.42. The normalized spacial score (nSPS) is 10.2. The minimum atomic E-state index is -0.129. The van der Waals surface area contributed by atoms with E-state index >= 15 is 0 Å². The van der Waals surface area contributed by atoms with Crippen molar-refractivity contribution < 1.29 is 14.3 Å². The van der Waals surface area contributed by atoms with Crippen LogP contribution < -0.4 is 15.2 Å². The Labute approximate surface area is 124 Å². The van der Waals surface area contributed by atoms with Crippen LogP contribution in [0.4, 0.5) is 5.69 Å². The van der Waals surface area contributed by atoms with E-state index in [0.29, 0.717) is 28.3 Å². The summed E-state index contributed by atoms with van der Waals surface area (Å²) in [5.74, 6) is 0.865. The maximum absolute atomic E-state index is 12.6. The van der Waals surface area contributed by atoms with Crippen LogP contribution in [0.1, 0.15) is 28.4 Å². The molecule has 0 heterocycles. The first-order valence-electron chi connectivity index (χ1n) is 6.75. The van der Waals surface area contributed by atoms with Gasteiger partial charge in [0.15, 0.2) is 17.3 Å². The number of carbonyl (C=O) groups is 1. The van der Waals surface area contributed by atoms with Crippen LogP contribution in [0.25, 0.3) is 0 Å². The molecule has 0 amide bonds. The third-order valence-electron chi connectivity index (χ3n) is 3.42. The molecular formula is C17H19NO3. The van der Waals surface area contributed by atoms with Crippen LogP contribution >= 0.6 is 0 Å². The maximum atomic E-state index is 12.6. The zero-order valence-corrected chi connectivity index (χ0v) is 12.5. The molecule has 2 N–H and O–H groups in total. The minimum Gasteiger partial charge on any atom is -0.493 e. The molecule has 2 rings (SSSR count). The van der Waals surface area contributed by atoms with Crippen LogP contribution in [0.3, 0.4) is 0 Å². The van der Waals surface area contributed by atoms with E-state index in [2.05, 4.69) is 6.92 Å². The molecule has 2 aromatic rings. The van der Waals surface area contributed by atoms with E-state index < -0.39 is 0 Å². The van der Waals surface area contributed by atoms with E-state index in [1.54, 1.807) is 12.1 Å². The molecule has 0 spiro atoms. The van der Waals surface area contributed by atoms with Gasteiger partial charge in [-0.05, 0) is 18.1 Å². The van der Waals surface area contributed by atoms with Crippen molar-refractivity contribution in [3.63, 3.8) is 0 Å². The second-order valence-corrected chi connectivity index (χ2v) is 4.67. The molecule has 2 aromatic carbocycles. The zero-order chi connectivity index (χ0) is 15.4. The Kier molecular flexibility index (Phi) is 4.48. The fraction of sp³-hybridized carbons (Fsp3) is 0.235. The summed E-state index contributed by atoms with van der Waals surface area (Å²) >= 11 is 0. The number of rotatable bonds is 5. The molecular weight excluding hydrogens is 266 g/mol. The number of benzene rings is 2. The second-order valence-electron chi connectivity index (χ2n) is 4.67. The molecule has 0 radical (unpaired) electrons. The number of hydrogen-bond donors (Lipinski definition) is 1. The van der Waals surface area contributed by atoms with Gasteiger partial charge < -0.3 is 15.2 Å². The number of aryl methyl sites for hydroxylation is 1. The van der Waals surface area contributed by atoms with Crippen LogP contribution in [-0.2, 0) is 6.42 Å². The monoisotopic (exact) mass is 285 g/mol. The number of nitrogen functional groups attached to an aromatic ring is 1. The van der Waals surface area contributed by atoms with Gasteiger partial charge in [0.25, 0.3) is 0 Å². The standard InChI is InChI=1S/C17H19NO3/c1-4-11-5-7-12(8-6-11)17(19)13-9-15(20-2)16(21-3)10-14(13)18/h5-10H,4,18H2,1-3H3. The summed E-state index contributed by atoms with van der Waals surface area (Å²) in [5, 5.41) is 0. The Morgan fingerprint density at radius 3 is 2.14 bits per heavy atom. The first-order chi connectivity index (χ1) is 10.1. The van der Waals surface area contributed by atoms with Crippen molar-refractivity contribution in [2.24, 2.45) is 0 Å². The lowest BCUT2D eigenvalue weighted by Crippen LogP contribution is -2.07. The first kappa shape index (κ1) is 14.9. The molecule has 0 aliphatic carbocycles. The summed E-state index contributed by atoms with van der Waals surface area (Å²) in [6, 6.07) is 10.7.